The topological polar surface area (TPSA) is 71.3 Å². The Morgan fingerprint density at radius 2 is 1.59 bits per heavy atom. The molecule has 0 fully saturated rings. The number of nitriles is 1. The van der Waals surface area contributed by atoms with E-state index in [1.165, 1.54) is 7.11 Å². The number of nitrogens with one attached hydrogen (secondary N) is 1. The molecule has 0 aliphatic rings. The molecule has 0 spiro atoms. The van der Waals surface area contributed by atoms with Crippen LogP contribution < -0.4 is 14.8 Å². The van der Waals surface area contributed by atoms with Crippen LogP contribution in [-0.2, 0) is 4.79 Å². The van der Waals surface area contributed by atoms with Gasteiger partial charge >= 0.3 is 0 Å². The van der Waals surface area contributed by atoms with Crippen molar-refractivity contribution in [1.82, 2.24) is 0 Å². The molecule has 0 unspecified atom stereocenters. The molecular weight excluding hydrogens is 340 g/mol. The maximum Gasteiger partial charge on any atom is 0.230 e. The van der Waals surface area contributed by atoms with Gasteiger partial charge in [-0.3, -0.25) is 4.79 Å². The van der Waals surface area contributed by atoms with E-state index in [0.717, 1.165) is 0 Å². The van der Waals surface area contributed by atoms with Crippen molar-refractivity contribution in [3.63, 3.8) is 0 Å². The van der Waals surface area contributed by atoms with Crippen molar-refractivity contribution in [3.05, 3.63) is 48.0 Å². The van der Waals surface area contributed by atoms with Crippen LogP contribution >= 0.6 is 0 Å². The Kier molecular flexibility index (Phi) is 5.80. The summed E-state index contributed by atoms with van der Waals surface area (Å²) < 4.78 is 11.0. The Bertz CT molecular complexity index is 857. The summed E-state index contributed by atoms with van der Waals surface area (Å²) in [4.78, 5) is 12.6. The summed E-state index contributed by atoms with van der Waals surface area (Å²) in [6.07, 6.45) is 0. The van der Waals surface area contributed by atoms with Crippen LogP contribution in [0.25, 0.3) is 0 Å². The van der Waals surface area contributed by atoms with E-state index < -0.39 is 5.41 Å². The third-order valence-corrected chi connectivity index (χ3v) is 5.08. The SMILES string of the molecule is COc1cc(Oc2ccc(NC(=O)C(C)(C)C(C)(C)C)cc2)ccc1C#N. The van der Waals surface area contributed by atoms with Crippen LogP contribution in [0.5, 0.6) is 17.2 Å². The highest BCUT2D eigenvalue weighted by atomic mass is 16.5. The van der Waals surface area contributed by atoms with E-state index in [0.29, 0.717) is 28.5 Å². The van der Waals surface area contributed by atoms with Crippen LogP contribution in [0, 0.1) is 22.2 Å². The summed E-state index contributed by atoms with van der Waals surface area (Å²) in [6, 6.07) is 14.3. The number of benzene rings is 2. The van der Waals surface area contributed by atoms with Crippen molar-refractivity contribution < 1.29 is 14.3 Å². The fourth-order valence-corrected chi connectivity index (χ4v) is 2.20. The zero-order valence-electron chi connectivity index (χ0n) is 16.7. The fourth-order valence-electron chi connectivity index (χ4n) is 2.20. The number of ether oxygens (including phenoxy) is 2. The average molecular weight is 366 g/mol. The van der Waals surface area contributed by atoms with Crippen LogP contribution in [-0.4, -0.2) is 13.0 Å². The van der Waals surface area contributed by atoms with Gasteiger partial charge in [0.2, 0.25) is 5.91 Å². The van der Waals surface area contributed by atoms with Crippen molar-refractivity contribution in [2.45, 2.75) is 34.6 Å². The van der Waals surface area contributed by atoms with E-state index in [-0.39, 0.29) is 11.3 Å². The minimum Gasteiger partial charge on any atom is -0.495 e. The van der Waals surface area contributed by atoms with E-state index in [1.807, 2.05) is 13.8 Å². The normalized spacial score (nSPS) is 11.4. The summed E-state index contributed by atoms with van der Waals surface area (Å²) >= 11 is 0. The molecule has 1 amide bonds. The monoisotopic (exact) mass is 366 g/mol. The summed E-state index contributed by atoms with van der Waals surface area (Å²) in [5.41, 5.74) is 0.488. The highest BCUT2D eigenvalue weighted by Gasteiger charge is 2.39. The lowest BCUT2D eigenvalue weighted by molar-refractivity contribution is -0.129. The zero-order chi connectivity index (χ0) is 20.2. The number of methoxy groups -OCH3 is 1. The number of anilines is 1. The summed E-state index contributed by atoms with van der Waals surface area (Å²) in [6.45, 7) is 10.0. The Hall–Kier alpha value is -3.00. The number of hydrogen-bond donors (Lipinski definition) is 1. The van der Waals surface area contributed by atoms with E-state index in [2.05, 4.69) is 32.2 Å². The summed E-state index contributed by atoms with van der Waals surface area (Å²) in [7, 11) is 1.51. The van der Waals surface area contributed by atoms with E-state index in [1.54, 1.807) is 42.5 Å². The van der Waals surface area contributed by atoms with Gasteiger partial charge in [0.1, 0.15) is 23.3 Å². The van der Waals surface area contributed by atoms with E-state index >= 15 is 0 Å². The molecule has 2 aromatic carbocycles. The van der Waals surface area contributed by atoms with Crippen molar-refractivity contribution in [1.29, 1.82) is 5.26 Å². The molecule has 2 rings (SSSR count). The first-order valence-corrected chi connectivity index (χ1v) is 8.76. The fraction of sp³-hybridized carbons (Fsp3) is 0.364. The second-order valence-electron chi connectivity index (χ2n) is 7.93. The molecule has 0 aromatic heterocycles. The first-order valence-electron chi connectivity index (χ1n) is 8.76. The van der Waals surface area contributed by atoms with Gasteiger partial charge in [0.05, 0.1) is 12.7 Å². The van der Waals surface area contributed by atoms with Gasteiger partial charge in [0.15, 0.2) is 0 Å². The number of nitrogens with zero attached hydrogens (tertiary/aromatic N) is 1. The molecule has 5 nitrogen and oxygen atoms in total. The Morgan fingerprint density at radius 1 is 1.00 bits per heavy atom. The minimum atomic E-state index is -0.513. The standard InChI is InChI=1S/C22H26N2O3/c1-21(2,3)22(4,5)20(25)24-16-8-11-17(12-9-16)27-18-10-7-15(14-23)19(13-18)26-6/h7-13H,1-6H3,(H,24,25). The highest BCUT2D eigenvalue weighted by Crippen LogP contribution is 2.39. The Morgan fingerprint density at radius 3 is 2.11 bits per heavy atom. The average Bonchev–Trinajstić information content (AvgIpc) is 2.62. The van der Waals surface area contributed by atoms with Gasteiger partial charge in [-0.25, -0.2) is 0 Å². The van der Waals surface area contributed by atoms with Crippen LogP contribution in [0.4, 0.5) is 5.69 Å². The van der Waals surface area contributed by atoms with Crippen molar-refractivity contribution in [2.75, 3.05) is 12.4 Å². The third kappa shape index (κ3) is 4.59. The molecule has 0 saturated carbocycles. The largest absolute Gasteiger partial charge is 0.495 e. The summed E-state index contributed by atoms with van der Waals surface area (Å²) in [5, 5.41) is 12.0. The quantitative estimate of drug-likeness (QED) is 0.772. The van der Waals surface area contributed by atoms with Gasteiger partial charge in [-0.2, -0.15) is 5.26 Å². The minimum absolute atomic E-state index is 0.0273. The van der Waals surface area contributed by atoms with Crippen molar-refractivity contribution in [2.24, 2.45) is 10.8 Å². The lowest BCUT2D eigenvalue weighted by atomic mass is 9.68. The number of carbonyl (C=O) groups excluding carboxylic acids is 1. The molecule has 0 aliphatic carbocycles. The predicted octanol–water partition coefficient (Wildman–Crippen LogP) is 5.37. The van der Waals surface area contributed by atoms with Crippen LogP contribution in [0.3, 0.4) is 0 Å². The van der Waals surface area contributed by atoms with Crippen LogP contribution in [0.15, 0.2) is 42.5 Å². The number of rotatable bonds is 5. The van der Waals surface area contributed by atoms with Crippen LogP contribution in [0.2, 0.25) is 0 Å². The molecule has 0 bridgehead atoms. The van der Waals surface area contributed by atoms with Crippen molar-refractivity contribution in [3.8, 4) is 23.3 Å². The van der Waals surface area contributed by atoms with Gasteiger partial charge < -0.3 is 14.8 Å². The molecule has 0 heterocycles. The smallest absolute Gasteiger partial charge is 0.230 e. The maximum atomic E-state index is 12.6. The Labute approximate surface area is 160 Å². The summed E-state index contributed by atoms with van der Waals surface area (Å²) in [5.74, 6) is 1.62. The third-order valence-electron chi connectivity index (χ3n) is 5.08. The molecule has 27 heavy (non-hydrogen) atoms. The molecule has 0 atom stereocenters. The molecular formula is C22H26N2O3. The Balaban J connectivity index is 2.10. The first-order chi connectivity index (χ1) is 12.6. The molecule has 0 radical (unpaired) electrons. The lowest BCUT2D eigenvalue weighted by Crippen LogP contribution is -2.41. The van der Waals surface area contributed by atoms with Crippen LogP contribution in [0.1, 0.15) is 40.2 Å². The molecule has 2 aromatic rings. The highest BCUT2D eigenvalue weighted by molar-refractivity contribution is 5.95. The van der Waals surface area contributed by atoms with E-state index in [9.17, 15) is 4.79 Å². The number of hydrogen-bond acceptors (Lipinski definition) is 4. The van der Waals surface area contributed by atoms with Gasteiger partial charge in [-0.05, 0) is 41.8 Å². The molecule has 0 aliphatic heterocycles. The molecule has 142 valence electrons. The predicted molar refractivity (Wildman–Crippen MR) is 106 cm³/mol. The number of carbonyl (C=O) groups is 1. The molecule has 5 heteroatoms. The van der Waals surface area contributed by atoms with Gasteiger partial charge in [0, 0.05) is 17.2 Å². The van der Waals surface area contributed by atoms with E-state index in [4.69, 9.17) is 14.7 Å². The first kappa shape index (κ1) is 20.3. The maximum absolute atomic E-state index is 12.6. The second-order valence-corrected chi connectivity index (χ2v) is 7.93. The lowest BCUT2D eigenvalue weighted by Gasteiger charge is -2.37. The zero-order valence-corrected chi connectivity index (χ0v) is 16.7. The van der Waals surface area contributed by atoms with Gasteiger partial charge in [0.25, 0.3) is 0 Å². The van der Waals surface area contributed by atoms with Gasteiger partial charge in [-0.1, -0.05) is 34.6 Å². The van der Waals surface area contributed by atoms with Crippen molar-refractivity contribution >= 4 is 11.6 Å². The number of amides is 1. The molecule has 0 saturated heterocycles. The second kappa shape index (κ2) is 7.71. The van der Waals surface area contributed by atoms with Gasteiger partial charge in [-0.15, -0.1) is 0 Å². The molecule has 1 N–H and O–H groups in total.